The first kappa shape index (κ1) is 21.4. The van der Waals surface area contributed by atoms with Crippen LogP contribution < -0.4 is 9.47 Å². The summed E-state index contributed by atoms with van der Waals surface area (Å²) in [6.07, 6.45) is 4.39. The van der Waals surface area contributed by atoms with Gasteiger partial charge in [-0.15, -0.1) is 0 Å². The predicted molar refractivity (Wildman–Crippen MR) is 115 cm³/mol. The van der Waals surface area contributed by atoms with Gasteiger partial charge in [-0.25, -0.2) is 4.98 Å². The molecular formula is C24H27NO5. The van der Waals surface area contributed by atoms with Gasteiger partial charge in [-0.3, -0.25) is 4.79 Å². The maximum atomic E-state index is 10.6. The summed E-state index contributed by atoms with van der Waals surface area (Å²) < 4.78 is 16.7. The molecule has 0 amide bonds. The van der Waals surface area contributed by atoms with Crippen molar-refractivity contribution in [3.05, 3.63) is 54.4 Å². The number of hydrogen-bond acceptors (Lipinski definition) is 5. The number of aromatic nitrogens is 1. The number of methoxy groups -OCH3 is 2. The fourth-order valence-electron chi connectivity index (χ4n) is 3.26. The van der Waals surface area contributed by atoms with Crippen LogP contribution in [0.1, 0.15) is 38.0 Å². The highest BCUT2D eigenvalue weighted by Crippen LogP contribution is 2.34. The van der Waals surface area contributed by atoms with Crippen LogP contribution in [0.5, 0.6) is 11.5 Å². The molecule has 1 N–H and O–H groups in total. The number of aliphatic carboxylic acids is 1. The van der Waals surface area contributed by atoms with Crippen molar-refractivity contribution in [2.75, 3.05) is 14.2 Å². The van der Waals surface area contributed by atoms with Crippen molar-refractivity contribution in [3.8, 4) is 34.1 Å². The van der Waals surface area contributed by atoms with E-state index in [9.17, 15) is 4.79 Å². The molecule has 30 heavy (non-hydrogen) atoms. The van der Waals surface area contributed by atoms with Gasteiger partial charge in [0.15, 0.2) is 11.7 Å². The molecular weight excluding hydrogens is 382 g/mol. The number of unbranched alkanes of at least 4 members (excludes halogenated alkanes) is 3. The van der Waals surface area contributed by atoms with Crippen molar-refractivity contribution in [2.45, 2.75) is 38.5 Å². The summed E-state index contributed by atoms with van der Waals surface area (Å²) >= 11 is 0. The molecule has 0 spiro atoms. The first-order chi connectivity index (χ1) is 14.6. The molecule has 3 rings (SSSR count). The van der Waals surface area contributed by atoms with Crippen LogP contribution in [0.3, 0.4) is 0 Å². The SMILES string of the molecule is COc1ccc(-c2nc(CCCCCCC(=O)O)oc2-c2ccc(OC)cc2)cc1. The summed E-state index contributed by atoms with van der Waals surface area (Å²) in [6.45, 7) is 0. The molecule has 0 fully saturated rings. The van der Waals surface area contributed by atoms with Crippen LogP contribution in [0.4, 0.5) is 0 Å². The molecule has 0 radical (unpaired) electrons. The number of nitrogens with zero attached hydrogens (tertiary/aromatic N) is 1. The molecule has 0 aliphatic rings. The van der Waals surface area contributed by atoms with Crippen LogP contribution in [0.15, 0.2) is 52.9 Å². The summed E-state index contributed by atoms with van der Waals surface area (Å²) in [6, 6.07) is 15.5. The van der Waals surface area contributed by atoms with Crippen molar-refractivity contribution in [1.29, 1.82) is 0 Å². The number of ether oxygens (including phenoxy) is 2. The second-order valence-electron chi connectivity index (χ2n) is 7.05. The molecule has 0 atom stereocenters. The molecule has 0 aliphatic heterocycles. The lowest BCUT2D eigenvalue weighted by Gasteiger charge is -2.04. The van der Waals surface area contributed by atoms with Gasteiger partial charge >= 0.3 is 5.97 Å². The minimum absolute atomic E-state index is 0.224. The van der Waals surface area contributed by atoms with E-state index < -0.39 is 5.97 Å². The molecule has 0 saturated heterocycles. The number of aryl methyl sites for hydroxylation is 1. The van der Waals surface area contributed by atoms with Crippen LogP contribution in [-0.4, -0.2) is 30.3 Å². The third kappa shape index (κ3) is 5.63. The summed E-state index contributed by atoms with van der Waals surface area (Å²) in [7, 11) is 3.28. The van der Waals surface area contributed by atoms with E-state index in [2.05, 4.69) is 0 Å². The molecule has 3 aromatic rings. The van der Waals surface area contributed by atoms with E-state index in [-0.39, 0.29) is 6.42 Å². The normalized spacial score (nSPS) is 10.7. The molecule has 1 aromatic heterocycles. The van der Waals surface area contributed by atoms with E-state index in [0.29, 0.717) is 18.7 Å². The Morgan fingerprint density at radius 2 is 1.43 bits per heavy atom. The lowest BCUT2D eigenvalue weighted by molar-refractivity contribution is -0.137. The zero-order chi connectivity index (χ0) is 21.3. The summed E-state index contributed by atoms with van der Waals surface area (Å²) in [5, 5.41) is 8.72. The Morgan fingerprint density at radius 1 is 0.867 bits per heavy atom. The summed E-state index contributed by atoms with van der Waals surface area (Å²) in [4.78, 5) is 15.4. The minimum atomic E-state index is -0.740. The highest BCUT2D eigenvalue weighted by atomic mass is 16.5. The molecule has 0 saturated carbocycles. The fraction of sp³-hybridized carbons (Fsp3) is 0.333. The second-order valence-corrected chi connectivity index (χ2v) is 7.05. The number of rotatable bonds is 11. The van der Waals surface area contributed by atoms with Crippen LogP contribution in [0.25, 0.3) is 22.6 Å². The Kier molecular flexibility index (Phi) is 7.49. The molecule has 1 heterocycles. The maximum Gasteiger partial charge on any atom is 0.303 e. The van der Waals surface area contributed by atoms with Crippen molar-refractivity contribution >= 4 is 5.97 Å². The lowest BCUT2D eigenvalue weighted by Crippen LogP contribution is -1.94. The molecule has 0 unspecified atom stereocenters. The zero-order valence-corrected chi connectivity index (χ0v) is 17.4. The van der Waals surface area contributed by atoms with Crippen molar-refractivity contribution in [1.82, 2.24) is 4.98 Å². The van der Waals surface area contributed by atoms with Gasteiger partial charge < -0.3 is 19.0 Å². The molecule has 6 nitrogen and oxygen atoms in total. The average molecular weight is 409 g/mol. The summed E-state index contributed by atoms with van der Waals surface area (Å²) in [5.41, 5.74) is 2.68. The van der Waals surface area contributed by atoms with Crippen LogP contribution >= 0.6 is 0 Å². The van der Waals surface area contributed by atoms with Crippen molar-refractivity contribution in [3.63, 3.8) is 0 Å². The van der Waals surface area contributed by atoms with Gasteiger partial charge in [0.25, 0.3) is 0 Å². The third-order valence-corrected chi connectivity index (χ3v) is 4.92. The van der Waals surface area contributed by atoms with Gasteiger partial charge in [0.05, 0.1) is 14.2 Å². The Balaban J connectivity index is 1.78. The first-order valence-corrected chi connectivity index (χ1v) is 10.1. The molecule has 0 aliphatic carbocycles. The number of carboxylic acid groups (broad SMARTS) is 1. The highest BCUT2D eigenvalue weighted by Gasteiger charge is 2.17. The largest absolute Gasteiger partial charge is 0.497 e. The predicted octanol–water partition coefficient (Wildman–Crippen LogP) is 5.60. The second kappa shape index (κ2) is 10.5. The highest BCUT2D eigenvalue weighted by molar-refractivity contribution is 5.77. The average Bonchev–Trinajstić information content (AvgIpc) is 3.20. The van der Waals surface area contributed by atoms with E-state index in [0.717, 1.165) is 53.3 Å². The smallest absolute Gasteiger partial charge is 0.303 e. The Morgan fingerprint density at radius 3 is 2.00 bits per heavy atom. The zero-order valence-electron chi connectivity index (χ0n) is 17.4. The number of carboxylic acids is 1. The standard InChI is InChI=1S/C24H27NO5/c1-28-19-13-9-17(10-14-19)23-24(18-11-15-20(29-2)16-12-18)30-21(25-23)7-5-3-4-6-8-22(26)27/h9-16H,3-8H2,1-2H3,(H,26,27). The molecule has 6 heteroatoms. The summed E-state index contributed by atoms with van der Waals surface area (Å²) in [5.74, 6) is 2.24. The number of benzene rings is 2. The van der Waals surface area contributed by atoms with Gasteiger partial charge in [0.2, 0.25) is 0 Å². The number of hydrogen-bond donors (Lipinski definition) is 1. The van der Waals surface area contributed by atoms with Crippen molar-refractivity contribution in [2.24, 2.45) is 0 Å². The van der Waals surface area contributed by atoms with Gasteiger partial charge in [-0.1, -0.05) is 12.8 Å². The Labute approximate surface area is 176 Å². The van der Waals surface area contributed by atoms with Gasteiger partial charge in [-0.2, -0.15) is 0 Å². The Hall–Kier alpha value is -3.28. The fourth-order valence-corrected chi connectivity index (χ4v) is 3.26. The third-order valence-electron chi connectivity index (χ3n) is 4.92. The monoisotopic (exact) mass is 409 g/mol. The van der Waals surface area contributed by atoms with Crippen LogP contribution in [0, 0.1) is 0 Å². The van der Waals surface area contributed by atoms with E-state index in [1.807, 2.05) is 48.5 Å². The molecule has 2 aromatic carbocycles. The van der Waals surface area contributed by atoms with Gasteiger partial charge in [0, 0.05) is 24.0 Å². The number of oxazole rings is 1. The number of carbonyl (C=O) groups is 1. The van der Waals surface area contributed by atoms with Gasteiger partial charge in [-0.05, 0) is 61.4 Å². The topological polar surface area (TPSA) is 81.8 Å². The van der Waals surface area contributed by atoms with E-state index in [4.69, 9.17) is 24.0 Å². The van der Waals surface area contributed by atoms with E-state index in [1.54, 1.807) is 14.2 Å². The van der Waals surface area contributed by atoms with Crippen LogP contribution in [0.2, 0.25) is 0 Å². The lowest BCUT2D eigenvalue weighted by atomic mass is 10.1. The van der Waals surface area contributed by atoms with Gasteiger partial charge in [0.1, 0.15) is 17.2 Å². The Bertz CT molecular complexity index is 880. The van der Waals surface area contributed by atoms with E-state index >= 15 is 0 Å². The molecule has 0 bridgehead atoms. The van der Waals surface area contributed by atoms with E-state index in [1.165, 1.54) is 0 Å². The first-order valence-electron chi connectivity index (χ1n) is 10.1. The minimum Gasteiger partial charge on any atom is -0.497 e. The quantitative estimate of drug-likeness (QED) is 0.415. The van der Waals surface area contributed by atoms with Crippen molar-refractivity contribution < 1.29 is 23.8 Å². The maximum absolute atomic E-state index is 10.6. The van der Waals surface area contributed by atoms with Crippen LogP contribution in [-0.2, 0) is 11.2 Å². The molecule has 158 valence electrons.